The average molecular weight is 253 g/mol. The molecule has 0 radical (unpaired) electrons. The highest BCUT2D eigenvalue weighted by Gasteiger charge is 2.22. The Morgan fingerprint density at radius 2 is 1.69 bits per heavy atom. The molecule has 0 aromatic rings. The molecule has 0 aliphatic carbocycles. The van der Waals surface area contributed by atoms with Crippen LogP contribution < -0.4 is 0 Å². The zero-order valence-electron chi connectivity index (χ0n) is 7.87. The second-order valence-electron chi connectivity index (χ2n) is 2.65. The molecule has 0 aromatic carbocycles. The van der Waals surface area contributed by atoms with Gasteiger partial charge in [0.05, 0.1) is 20.1 Å². The molecular formula is C8H13BrO4. The van der Waals surface area contributed by atoms with E-state index in [1.807, 2.05) is 0 Å². The van der Waals surface area contributed by atoms with Crippen molar-refractivity contribution in [1.29, 1.82) is 0 Å². The number of halogens is 1. The van der Waals surface area contributed by atoms with Gasteiger partial charge in [-0.3, -0.25) is 9.59 Å². The van der Waals surface area contributed by atoms with Gasteiger partial charge in [-0.05, 0) is 6.42 Å². The Bertz CT molecular complexity index is 173. The van der Waals surface area contributed by atoms with E-state index in [0.29, 0.717) is 6.42 Å². The van der Waals surface area contributed by atoms with Crippen LogP contribution in [0.5, 0.6) is 0 Å². The summed E-state index contributed by atoms with van der Waals surface area (Å²) in [5.41, 5.74) is 0. The fourth-order valence-electron chi connectivity index (χ4n) is 0.832. The smallest absolute Gasteiger partial charge is 0.319 e. The van der Waals surface area contributed by atoms with Gasteiger partial charge >= 0.3 is 11.9 Å². The number of alkyl halides is 1. The maximum absolute atomic E-state index is 11.0. The van der Waals surface area contributed by atoms with Crippen molar-refractivity contribution in [2.45, 2.75) is 18.2 Å². The Morgan fingerprint density at radius 1 is 1.23 bits per heavy atom. The van der Waals surface area contributed by atoms with Gasteiger partial charge < -0.3 is 9.47 Å². The fourth-order valence-corrected chi connectivity index (χ4v) is 1.58. The molecule has 0 amide bonds. The quantitative estimate of drug-likeness (QED) is 0.556. The van der Waals surface area contributed by atoms with Crippen LogP contribution in [0.25, 0.3) is 0 Å². The molecule has 2 atom stereocenters. The lowest BCUT2D eigenvalue weighted by molar-refractivity contribution is -0.145. The number of carbonyl (C=O) groups is 2. The Labute approximate surface area is 85.7 Å². The molecule has 0 aromatic heterocycles. The van der Waals surface area contributed by atoms with Crippen LogP contribution in [0, 0.1) is 5.92 Å². The van der Waals surface area contributed by atoms with Crippen molar-refractivity contribution in [2.75, 3.05) is 14.2 Å². The van der Waals surface area contributed by atoms with E-state index >= 15 is 0 Å². The zero-order valence-corrected chi connectivity index (χ0v) is 9.46. The number of hydrogen-bond acceptors (Lipinski definition) is 4. The van der Waals surface area contributed by atoms with Crippen molar-refractivity contribution in [3.8, 4) is 0 Å². The molecule has 0 bridgehead atoms. The van der Waals surface area contributed by atoms with Crippen LogP contribution in [0.2, 0.25) is 0 Å². The van der Waals surface area contributed by atoms with Gasteiger partial charge in [0.2, 0.25) is 0 Å². The predicted octanol–water partition coefficient (Wildman–Crippen LogP) is 1.12. The highest BCUT2D eigenvalue weighted by molar-refractivity contribution is 9.10. The van der Waals surface area contributed by atoms with E-state index in [0.717, 1.165) is 0 Å². The molecule has 0 heterocycles. The molecule has 0 spiro atoms. The van der Waals surface area contributed by atoms with Gasteiger partial charge in [-0.1, -0.05) is 22.9 Å². The lowest BCUT2D eigenvalue weighted by Gasteiger charge is -2.11. The largest absolute Gasteiger partial charge is 0.469 e. The first-order valence-corrected chi connectivity index (χ1v) is 4.74. The normalized spacial score (nSPS) is 14.5. The Balaban J connectivity index is 3.98. The molecule has 0 unspecified atom stereocenters. The summed E-state index contributed by atoms with van der Waals surface area (Å²) >= 11 is 3.12. The van der Waals surface area contributed by atoms with Gasteiger partial charge in [0.25, 0.3) is 0 Å². The summed E-state index contributed by atoms with van der Waals surface area (Å²) in [5.74, 6) is -1.02. The molecular weight excluding hydrogens is 240 g/mol. The molecule has 0 N–H and O–H groups in total. The Hall–Kier alpha value is -0.580. The van der Waals surface area contributed by atoms with Crippen molar-refractivity contribution in [3.05, 3.63) is 0 Å². The van der Waals surface area contributed by atoms with E-state index in [4.69, 9.17) is 0 Å². The first-order valence-electron chi connectivity index (χ1n) is 3.82. The zero-order chi connectivity index (χ0) is 10.4. The van der Waals surface area contributed by atoms with Crippen LogP contribution in [-0.4, -0.2) is 31.0 Å². The fraction of sp³-hybridized carbons (Fsp3) is 0.750. The van der Waals surface area contributed by atoms with Crippen molar-refractivity contribution in [1.82, 2.24) is 0 Å². The number of hydrogen-bond donors (Lipinski definition) is 0. The summed E-state index contributed by atoms with van der Waals surface area (Å²) < 4.78 is 9.00. The van der Waals surface area contributed by atoms with Crippen molar-refractivity contribution < 1.29 is 19.1 Å². The van der Waals surface area contributed by atoms with Gasteiger partial charge in [0.15, 0.2) is 0 Å². The van der Waals surface area contributed by atoms with Crippen LogP contribution in [0.1, 0.15) is 13.3 Å². The number of methoxy groups -OCH3 is 2. The minimum atomic E-state index is -0.452. The SMILES string of the molecule is COC(=O)[C@H](Br)C[C@H](C)C(=O)OC. The summed E-state index contributed by atoms with van der Waals surface area (Å²) in [6, 6.07) is 0. The van der Waals surface area contributed by atoms with Crippen LogP contribution in [0.4, 0.5) is 0 Å². The predicted molar refractivity (Wildman–Crippen MR) is 50.5 cm³/mol. The number of esters is 2. The summed E-state index contributed by atoms with van der Waals surface area (Å²) in [7, 11) is 2.62. The van der Waals surface area contributed by atoms with E-state index in [2.05, 4.69) is 25.4 Å². The second kappa shape index (κ2) is 5.96. The average Bonchev–Trinajstić information content (AvgIpc) is 2.14. The highest BCUT2D eigenvalue weighted by Crippen LogP contribution is 2.15. The standard InChI is InChI=1S/C8H13BrO4/c1-5(7(10)12-2)4-6(9)8(11)13-3/h5-6H,4H2,1-3H3/t5-,6+/m0/s1. The van der Waals surface area contributed by atoms with Gasteiger partial charge in [0, 0.05) is 0 Å². The minimum Gasteiger partial charge on any atom is -0.469 e. The molecule has 0 aliphatic heterocycles. The third-order valence-electron chi connectivity index (χ3n) is 1.62. The summed E-state index contributed by atoms with van der Waals surface area (Å²) in [5, 5.41) is 0. The number of ether oxygens (including phenoxy) is 2. The third kappa shape index (κ3) is 4.26. The summed E-state index contributed by atoms with van der Waals surface area (Å²) in [6.45, 7) is 1.70. The summed E-state index contributed by atoms with van der Waals surface area (Å²) in [6.07, 6.45) is 0.374. The first kappa shape index (κ1) is 12.4. The van der Waals surface area contributed by atoms with E-state index in [-0.39, 0.29) is 17.9 Å². The lowest BCUT2D eigenvalue weighted by Crippen LogP contribution is -2.23. The van der Waals surface area contributed by atoms with E-state index < -0.39 is 4.83 Å². The number of rotatable bonds is 4. The molecule has 0 saturated carbocycles. The van der Waals surface area contributed by atoms with E-state index in [1.54, 1.807) is 6.92 Å². The Morgan fingerprint density at radius 3 is 2.08 bits per heavy atom. The van der Waals surface area contributed by atoms with Crippen molar-refractivity contribution in [2.24, 2.45) is 5.92 Å². The number of carbonyl (C=O) groups excluding carboxylic acids is 2. The van der Waals surface area contributed by atoms with Crippen LogP contribution >= 0.6 is 15.9 Å². The molecule has 0 saturated heterocycles. The lowest BCUT2D eigenvalue weighted by atomic mass is 10.1. The maximum atomic E-state index is 11.0. The van der Waals surface area contributed by atoms with E-state index in [1.165, 1.54) is 14.2 Å². The highest BCUT2D eigenvalue weighted by atomic mass is 79.9. The third-order valence-corrected chi connectivity index (χ3v) is 2.37. The maximum Gasteiger partial charge on any atom is 0.319 e. The van der Waals surface area contributed by atoms with Crippen molar-refractivity contribution in [3.63, 3.8) is 0 Å². The molecule has 13 heavy (non-hydrogen) atoms. The van der Waals surface area contributed by atoms with Crippen LogP contribution in [-0.2, 0) is 19.1 Å². The minimum absolute atomic E-state index is 0.312. The molecule has 0 fully saturated rings. The monoisotopic (exact) mass is 252 g/mol. The second-order valence-corrected chi connectivity index (χ2v) is 3.76. The molecule has 4 nitrogen and oxygen atoms in total. The molecule has 76 valence electrons. The van der Waals surface area contributed by atoms with Crippen LogP contribution in [0.15, 0.2) is 0 Å². The van der Waals surface area contributed by atoms with Gasteiger partial charge in [-0.25, -0.2) is 0 Å². The van der Waals surface area contributed by atoms with Crippen LogP contribution in [0.3, 0.4) is 0 Å². The molecule has 0 rings (SSSR count). The molecule has 5 heteroatoms. The topological polar surface area (TPSA) is 52.6 Å². The Kier molecular flexibility index (Phi) is 5.70. The van der Waals surface area contributed by atoms with Gasteiger partial charge in [-0.2, -0.15) is 0 Å². The summed E-state index contributed by atoms with van der Waals surface area (Å²) in [4.78, 5) is 21.4. The van der Waals surface area contributed by atoms with Gasteiger partial charge in [-0.15, -0.1) is 0 Å². The van der Waals surface area contributed by atoms with Gasteiger partial charge in [0.1, 0.15) is 4.83 Å². The molecule has 0 aliphatic rings. The van der Waals surface area contributed by atoms with E-state index in [9.17, 15) is 9.59 Å². The first-order chi connectivity index (χ1) is 6.02. The van der Waals surface area contributed by atoms with Crippen molar-refractivity contribution >= 4 is 27.9 Å².